The van der Waals surface area contributed by atoms with E-state index in [-0.39, 0.29) is 0 Å². The van der Waals surface area contributed by atoms with Crippen molar-refractivity contribution in [1.82, 2.24) is 25.8 Å². The topological polar surface area (TPSA) is 110 Å². The molecule has 0 aliphatic heterocycles. The SMILES string of the molecule is O=C(Nc1cc(Cl)ccc1-c1nn[nH]n1)c1conc1-c1ccccc1. The Kier molecular flexibility index (Phi) is 4.16. The number of amides is 1. The maximum absolute atomic E-state index is 12.8. The molecule has 0 bridgehead atoms. The van der Waals surface area contributed by atoms with E-state index in [1.54, 1.807) is 18.2 Å². The lowest BCUT2D eigenvalue weighted by molar-refractivity contribution is 0.102. The van der Waals surface area contributed by atoms with Gasteiger partial charge in [-0.3, -0.25) is 4.79 Å². The van der Waals surface area contributed by atoms with Crippen molar-refractivity contribution in [2.24, 2.45) is 0 Å². The first-order chi connectivity index (χ1) is 12.7. The van der Waals surface area contributed by atoms with Crippen LogP contribution in [0.5, 0.6) is 0 Å². The normalized spacial score (nSPS) is 10.7. The van der Waals surface area contributed by atoms with Gasteiger partial charge in [0.05, 0.1) is 5.69 Å². The van der Waals surface area contributed by atoms with Crippen LogP contribution in [0.3, 0.4) is 0 Å². The Labute approximate surface area is 152 Å². The number of rotatable bonds is 4. The van der Waals surface area contributed by atoms with E-state index in [2.05, 4.69) is 31.1 Å². The van der Waals surface area contributed by atoms with Gasteiger partial charge in [0, 0.05) is 16.1 Å². The molecule has 0 saturated carbocycles. The number of carbonyl (C=O) groups excluding carboxylic acids is 1. The fraction of sp³-hybridized carbons (Fsp3) is 0. The maximum Gasteiger partial charge on any atom is 0.261 e. The molecule has 0 aliphatic rings. The van der Waals surface area contributed by atoms with Crippen molar-refractivity contribution in [2.75, 3.05) is 5.32 Å². The molecule has 2 N–H and O–H groups in total. The van der Waals surface area contributed by atoms with Crippen LogP contribution in [-0.2, 0) is 0 Å². The predicted molar refractivity (Wildman–Crippen MR) is 94.5 cm³/mol. The van der Waals surface area contributed by atoms with E-state index < -0.39 is 5.91 Å². The van der Waals surface area contributed by atoms with Crippen molar-refractivity contribution in [3.63, 3.8) is 0 Å². The second-order valence-electron chi connectivity index (χ2n) is 5.32. The minimum Gasteiger partial charge on any atom is -0.363 e. The minimum atomic E-state index is -0.392. The summed E-state index contributed by atoms with van der Waals surface area (Å²) in [6.07, 6.45) is 1.30. The number of aromatic nitrogens is 5. The summed E-state index contributed by atoms with van der Waals surface area (Å²) < 4.78 is 5.01. The standard InChI is InChI=1S/C17H11ClN6O2/c18-11-6-7-12(16-20-23-24-21-16)14(8-11)19-17(25)13-9-26-22-15(13)10-4-2-1-3-5-10/h1-9H,(H,19,25)(H,20,21,23,24). The number of carbonyl (C=O) groups is 1. The molecule has 128 valence electrons. The van der Waals surface area contributed by atoms with E-state index in [1.165, 1.54) is 6.26 Å². The first-order valence-corrected chi connectivity index (χ1v) is 7.94. The van der Waals surface area contributed by atoms with Crippen LogP contribution < -0.4 is 5.32 Å². The van der Waals surface area contributed by atoms with E-state index in [0.717, 1.165) is 5.56 Å². The van der Waals surface area contributed by atoms with E-state index in [4.69, 9.17) is 16.1 Å². The lowest BCUT2D eigenvalue weighted by Gasteiger charge is -2.09. The Morgan fingerprint density at radius 1 is 1.15 bits per heavy atom. The Bertz CT molecular complexity index is 1050. The molecule has 2 aromatic heterocycles. The molecular formula is C17H11ClN6O2. The highest BCUT2D eigenvalue weighted by Crippen LogP contribution is 2.29. The summed E-state index contributed by atoms with van der Waals surface area (Å²) in [5, 5.41) is 21.0. The summed E-state index contributed by atoms with van der Waals surface area (Å²) in [6.45, 7) is 0. The second kappa shape index (κ2) is 6.77. The van der Waals surface area contributed by atoms with Gasteiger partial charge in [0.25, 0.3) is 5.91 Å². The number of halogens is 1. The van der Waals surface area contributed by atoms with Crippen molar-refractivity contribution in [2.45, 2.75) is 0 Å². The van der Waals surface area contributed by atoms with Crippen LogP contribution in [0.15, 0.2) is 59.3 Å². The largest absolute Gasteiger partial charge is 0.363 e. The molecule has 8 nitrogen and oxygen atoms in total. The first-order valence-electron chi connectivity index (χ1n) is 7.57. The third-order valence-corrected chi connectivity index (χ3v) is 3.91. The molecule has 0 fully saturated rings. The molecule has 0 aliphatic carbocycles. The van der Waals surface area contributed by atoms with E-state index in [0.29, 0.717) is 33.4 Å². The van der Waals surface area contributed by atoms with Crippen molar-refractivity contribution in [3.05, 3.63) is 65.4 Å². The molecule has 2 aromatic carbocycles. The van der Waals surface area contributed by atoms with Gasteiger partial charge >= 0.3 is 0 Å². The quantitative estimate of drug-likeness (QED) is 0.572. The zero-order chi connectivity index (χ0) is 17.9. The molecule has 0 unspecified atom stereocenters. The predicted octanol–water partition coefficient (Wildman–Crippen LogP) is 3.43. The third kappa shape index (κ3) is 3.05. The van der Waals surface area contributed by atoms with Gasteiger partial charge in [-0.25, -0.2) is 0 Å². The summed E-state index contributed by atoms with van der Waals surface area (Å²) in [5.41, 5.74) is 2.55. The van der Waals surface area contributed by atoms with Crippen LogP contribution in [0.2, 0.25) is 5.02 Å². The lowest BCUT2D eigenvalue weighted by atomic mass is 10.1. The molecular weight excluding hydrogens is 356 g/mol. The number of hydrogen-bond acceptors (Lipinski definition) is 6. The molecule has 0 saturated heterocycles. The summed E-state index contributed by atoms with van der Waals surface area (Å²) >= 11 is 6.07. The number of nitrogens with one attached hydrogen (secondary N) is 2. The molecule has 2 heterocycles. The van der Waals surface area contributed by atoms with Crippen molar-refractivity contribution in [3.8, 4) is 22.6 Å². The van der Waals surface area contributed by atoms with Crippen molar-refractivity contribution >= 4 is 23.2 Å². The summed E-state index contributed by atoms with van der Waals surface area (Å²) in [7, 11) is 0. The van der Waals surface area contributed by atoms with Crippen LogP contribution in [0.25, 0.3) is 22.6 Å². The average molecular weight is 367 g/mol. The van der Waals surface area contributed by atoms with Gasteiger partial charge in [0.2, 0.25) is 5.82 Å². The highest BCUT2D eigenvalue weighted by molar-refractivity contribution is 6.31. The highest BCUT2D eigenvalue weighted by Gasteiger charge is 2.19. The lowest BCUT2D eigenvalue weighted by Crippen LogP contribution is -2.13. The molecule has 4 rings (SSSR count). The molecule has 0 atom stereocenters. The van der Waals surface area contributed by atoms with Crippen molar-refractivity contribution < 1.29 is 9.32 Å². The Morgan fingerprint density at radius 3 is 2.77 bits per heavy atom. The Balaban J connectivity index is 1.69. The highest BCUT2D eigenvalue weighted by atomic mass is 35.5. The molecule has 0 radical (unpaired) electrons. The monoisotopic (exact) mass is 366 g/mol. The fourth-order valence-corrected chi connectivity index (χ4v) is 2.65. The van der Waals surface area contributed by atoms with Gasteiger partial charge in [-0.15, -0.1) is 10.2 Å². The van der Waals surface area contributed by atoms with Gasteiger partial charge in [0.15, 0.2) is 0 Å². The van der Waals surface area contributed by atoms with Crippen LogP contribution in [0.1, 0.15) is 10.4 Å². The number of benzene rings is 2. The third-order valence-electron chi connectivity index (χ3n) is 3.68. The second-order valence-corrected chi connectivity index (χ2v) is 5.76. The average Bonchev–Trinajstić information content (AvgIpc) is 3.34. The van der Waals surface area contributed by atoms with E-state index in [1.807, 2.05) is 30.3 Å². The molecule has 26 heavy (non-hydrogen) atoms. The van der Waals surface area contributed by atoms with E-state index >= 15 is 0 Å². The van der Waals surface area contributed by atoms with Crippen LogP contribution in [0.4, 0.5) is 5.69 Å². The number of tetrazole rings is 1. The molecule has 4 aromatic rings. The molecule has 0 spiro atoms. The zero-order valence-corrected chi connectivity index (χ0v) is 13.9. The molecule has 9 heteroatoms. The summed E-state index contributed by atoms with van der Waals surface area (Å²) in [5.74, 6) is -0.0531. The van der Waals surface area contributed by atoms with Crippen LogP contribution in [-0.4, -0.2) is 31.7 Å². The van der Waals surface area contributed by atoms with Gasteiger partial charge in [0.1, 0.15) is 17.5 Å². The minimum absolute atomic E-state index is 0.301. The summed E-state index contributed by atoms with van der Waals surface area (Å²) in [4.78, 5) is 12.8. The number of aromatic amines is 1. The van der Waals surface area contributed by atoms with Gasteiger partial charge in [-0.05, 0) is 23.4 Å². The fourth-order valence-electron chi connectivity index (χ4n) is 2.48. The number of H-pyrrole nitrogens is 1. The Morgan fingerprint density at radius 2 is 2.00 bits per heavy atom. The molecule has 1 amide bonds. The zero-order valence-electron chi connectivity index (χ0n) is 13.2. The van der Waals surface area contributed by atoms with Gasteiger partial charge in [-0.2, -0.15) is 5.21 Å². The van der Waals surface area contributed by atoms with Crippen LogP contribution >= 0.6 is 11.6 Å². The number of hydrogen-bond donors (Lipinski definition) is 2. The smallest absolute Gasteiger partial charge is 0.261 e. The van der Waals surface area contributed by atoms with Gasteiger partial charge in [-0.1, -0.05) is 47.1 Å². The summed E-state index contributed by atoms with van der Waals surface area (Å²) in [6, 6.07) is 14.3. The number of nitrogens with zero attached hydrogens (tertiary/aromatic N) is 4. The first kappa shape index (κ1) is 16.0. The van der Waals surface area contributed by atoms with E-state index in [9.17, 15) is 4.79 Å². The number of anilines is 1. The Hall–Kier alpha value is -3.52. The van der Waals surface area contributed by atoms with Gasteiger partial charge < -0.3 is 9.84 Å². The van der Waals surface area contributed by atoms with Crippen molar-refractivity contribution in [1.29, 1.82) is 0 Å². The maximum atomic E-state index is 12.8. The van der Waals surface area contributed by atoms with Crippen LogP contribution in [0, 0.1) is 0 Å².